The van der Waals surface area contributed by atoms with Crippen LogP contribution < -0.4 is 15.0 Å². The summed E-state index contributed by atoms with van der Waals surface area (Å²) < 4.78 is 5.33. The van der Waals surface area contributed by atoms with Gasteiger partial charge in [-0.05, 0) is 39.0 Å². The average molecular weight is 300 g/mol. The van der Waals surface area contributed by atoms with Crippen LogP contribution in [-0.2, 0) is 11.3 Å². The van der Waals surface area contributed by atoms with Crippen molar-refractivity contribution in [1.82, 2.24) is 5.32 Å². The summed E-state index contributed by atoms with van der Waals surface area (Å²) in [5.41, 5.74) is 1.00. The second-order valence-corrected chi connectivity index (χ2v) is 5.80. The molecule has 112 valence electrons. The van der Waals surface area contributed by atoms with Crippen LogP contribution in [-0.4, -0.2) is 32.1 Å². The molecule has 0 aliphatic carbocycles. The smallest absolute Gasteiger partial charge is 0.278 e. The lowest BCUT2D eigenvalue weighted by Crippen LogP contribution is -3.12. The summed E-state index contributed by atoms with van der Waals surface area (Å²) in [5.74, 6) is 0.851. The Hall–Kier alpha value is -1.26. The maximum absolute atomic E-state index is 12.0. The van der Waals surface area contributed by atoms with E-state index in [0.29, 0.717) is 11.6 Å². The van der Waals surface area contributed by atoms with Gasteiger partial charge in [-0.25, -0.2) is 0 Å². The zero-order valence-electron chi connectivity index (χ0n) is 12.8. The first-order chi connectivity index (χ1) is 9.35. The van der Waals surface area contributed by atoms with Crippen molar-refractivity contribution in [1.29, 1.82) is 0 Å². The van der Waals surface area contributed by atoms with Crippen molar-refractivity contribution < 1.29 is 14.4 Å². The number of amides is 1. The van der Waals surface area contributed by atoms with E-state index >= 15 is 0 Å². The number of hydrogen-bond acceptors (Lipinski definition) is 2. The van der Waals surface area contributed by atoms with Gasteiger partial charge in [-0.1, -0.05) is 11.6 Å². The minimum Gasteiger partial charge on any atom is -0.496 e. The Bertz CT molecular complexity index is 463. The lowest BCUT2D eigenvalue weighted by Gasteiger charge is -2.23. The summed E-state index contributed by atoms with van der Waals surface area (Å²) in [4.78, 5) is 13.1. The molecule has 1 rings (SSSR count). The number of rotatable bonds is 6. The van der Waals surface area contributed by atoms with Gasteiger partial charge in [0.15, 0.2) is 6.04 Å². The molecule has 20 heavy (non-hydrogen) atoms. The summed E-state index contributed by atoms with van der Waals surface area (Å²) >= 11 is 6.02. The second kappa shape index (κ2) is 7.50. The molecule has 5 heteroatoms. The molecule has 0 bridgehead atoms. The molecule has 1 amide bonds. The highest BCUT2D eigenvalue weighted by Gasteiger charge is 2.23. The van der Waals surface area contributed by atoms with Crippen molar-refractivity contribution in [3.63, 3.8) is 0 Å². The van der Waals surface area contributed by atoms with Crippen LogP contribution >= 0.6 is 11.6 Å². The van der Waals surface area contributed by atoms with Crippen LogP contribution in [0, 0.1) is 0 Å². The third kappa shape index (κ3) is 4.69. The van der Waals surface area contributed by atoms with Gasteiger partial charge < -0.3 is 15.0 Å². The Labute approximate surface area is 126 Å². The van der Waals surface area contributed by atoms with Crippen molar-refractivity contribution in [2.24, 2.45) is 0 Å². The fourth-order valence-electron chi connectivity index (χ4n) is 1.97. The van der Waals surface area contributed by atoms with Gasteiger partial charge in [-0.15, -0.1) is 0 Å². The summed E-state index contributed by atoms with van der Waals surface area (Å²) in [6.45, 7) is 6.51. The minimum absolute atomic E-state index is 0.0542. The topological polar surface area (TPSA) is 42.8 Å². The van der Waals surface area contributed by atoms with Crippen LogP contribution in [0.3, 0.4) is 0 Å². The molecule has 0 spiro atoms. The van der Waals surface area contributed by atoms with Gasteiger partial charge in [0.1, 0.15) is 12.3 Å². The lowest BCUT2D eigenvalue weighted by molar-refractivity contribution is -0.908. The minimum atomic E-state index is -0.138. The zero-order valence-corrected chi connectivity index (χ0v) is 13.5. The third-order valence-corrected chi connectivity index (χ3v) is 3.51. The molecule has 0 saturated heterocycles. The van der Waals surface area contributed by atoms with Crippen LogP contribution in [0.4, 0.5) is 0 Å². The van der Waals surface area contributed by atoms with Crippen LogP contribution in [0.5, 0.6) is 5.75 Å². The number of carbonyl (C=O) groups is 1. The molecule has 0 fully saturated rings. The molecule has 0 heterocycles. The molecular formula is C15H24ClN2O2+. The van der Waals surface area contributed by atoms with Crippen LogP contribution in [0.25, 0.3) is 0 Å². The monoisotopic (exact) mass is 299 g/mol. The van der Waals surface area contributed by atoms with Crippen LogP contribution in [0.15, 0.2) is 18.2 Å². The quantitative estimate of drug-likeness (QED) is 0.831. The number of carbonyl (C=O) groups excluding carboxylic acids is 1. The molecule has 1 aromatic carbocycles. The molecule has 1 aromatic rings. The normalized spacial score (nSPS) is 13.9. The first-order valence-corrected chi connectivity index (χ1v) is 7.18. The van der Waals surface area contributed by atoms with Gasteiger partial charge in [0.25, 0.3) is 5.91 Å². The fourth-order valence-corrected chi connectivity index (χ4v) is 2.17. The van der Waals surface area contributed by atoms with Gasteiger partial charge in [0.2, 0.25) is 0 Å². The zero-order chi connectivity index (χ0) is 15.3. The van der Waals surface area contributed by atoms with E-state index in [1.807, 2.05) is 40.0 Å². The Kier molecular flexibility index (Phi) is 6.30. The van der Waals surface area contributed by atoms with Crippen LogP contribution in [0.1, 0.15) is 26.3 Å². The molecule has 0 aromatic heterocycles. The summed E-state index contributed by atoms with van der Waals surface area (Å²) in [6.07, 6.45) is 0. The Morgan fingerprint density at radius 1 is 1.40 bits per heavy atom. The van der Waals surface area contributed by atoms with Crippen molar-refractivity contribution in [3.8, 4) is 5.75 Å². The number of halogens is 1. The van der Waals surface area contributed by atoms with Crippen molar-refractivity contribution in [2.45, 2.75) is 39.4 Å². The largest absolute Gasteiger partial charge is 0.496 e. The highest BCUT2D eigenvalue weighted by atomic mass is 35.5. The van der Waals surface area contributed by atoms with Gasteiger partial charge in [0, 0.05) is 16.6 Å². The number of nitrogens with one attached hydrogen (secondary N) is 2. The van der Waals surface area contributed by atoms with Crippen molar-refractivity contribution >= 4 is 17.5 Å². The standard InChI is InChI=1S/C15H23ClN2O2/c1-10(2)17-15(19)11(3)18(4)9-12-8-13(16)6-7-14(12)20-5/h6-8,10-11H,9H2,1-5H3,(H,17,19)/p+1/t11-/m0/s1. The molecule has 0 aliphatic heterocycles. The second-order valence-electron chi connectivity index (χ2n) is 5.36. The number of likely N-dealkylation sites (N-methyl/N-ethyl adjacent to an activating group) is 1. The van der Waals surface area contributed by atoms with Gasteiger partial charge in [-0.3, -0.25) is 4.79 Å². The first kappa shape index (κ1) is 16.8. The number of benzene rings is 1. The molecule has 4 nitrogen and oxygen atoms in total. The molecule has 2 atom stereocenters. The fraction of sp³-hybridized carbons (Fsp3) is 0.533. The summed E-state index contributed by atoms with van der Waals surface area (Å²) in [6, 6.07) is 5.55. The van der Waals surface area contributed by atoms with E-state index in [-0.39, 0.29) is 18.0 Å². The number of quaternary nitrogens is 1. The molecule has 0 radical (unpaired) electrons. The summed E-state index contributed by atoms with van der Waals surface area (Å²) in [7, 11) is 3.63. The van der Waals surface area contributed by atoms with E-state index in [1.165, 1.54) is 0 Å². The average Bonchev–Trinajstić information content (AvgIpc) is 2.37. The maximum Gasteiger partial charge on any atom is 0.278 e. The van der Waals surface area contributed by atoms with E-state index in [0.717, 1.165) is 16.2 Å². The number of methoxy groups -OCH3 is 1. The third-order valence-electron chi connectivity index (χ3n) is 3.28. The number of ether oxygens (including phenoxy) is 1. The SMILES string of the molecule is COc1ccc(Cl)cc1C[NH+](C)[C@@H](C)C(=O)NC(C)C. The Balaban J connectivity index is 2.77. The predicted molar refractivity (Wildman–Crippen MR) is 81.3 cm³/mol. The van der Waals surface area contributed by atoms with Gasteiger partial charge in [0.05, 0.1) is 14.2 Å². The lowest BCUT2D eigenvalue weighted by atomic mass is 10.1. The van der Waals surface area contributed by atoms with E-state index in [9.17, 15) is 4.79 Å². The van der Waals surface area contributed by atoms with Gasteiger partial charge >= 0.3 is 0 Å². The molecule has 1 unspecified atom stereocenters. The Morgan fingerprint density at radius 3 is 2.60 bits per heavy atom. The highest BCUT2D eigenvalue weighted by molar-refractivity contribution is 6.30. The number of hydrogen-bond donors (Lipinski definition) is 2. The van der Waals surface area contributed by atoms with E-state index < -0.39 is 0 Å². The summed E-state index contributed by atoms with van der Waals surface area (Å²) in [5, 5.41) is 3.61. The molecular weight excluding hydrogens is 276 g/mol. The maximum atomic E-state index is 12.0. The Morgan fingerprint density at radius 2 is 2.05 bits per heavy atom. The van der Waals surface area contributed by atoms with E-state index in [2.05, 4.69) is 5.32 Å². The molecule has 0 saturated carbocycles. The van der Waals surface area contributed by atoms with E-state index in [1.54, 1.807) is 13.2 Å². The highest BCUT2D eigenvalue weighted by Crippen LogP contribution is 2.21. The molecule has 0 aliphatic rings. The predicted octanol–water partition coefficient (Wildman–Crippen LogP) is 1.28. The van der Waals surface area contributed by atoms with E-state index in [4.69, 9.17) is 16.3 Å². The first-order valence-electron chi connectivity index (χ1n) is 6.80. The van der Waals surface area contributed by atoms with Crippen LogP contribution in [0.2, 0.25) is 5.02 Å². The van der Waals surface area contributed by atoms with Crippen molar-refractivity contribution in [3.05, 3.63) is 28.8 Å². The van der Waals surface area contributed by atoms with Crippen molar-refractivity contribution in [2.75, 3.05) is 14.2 Å². The van der Waals surface area contributed by atoms with Gasteiger partial charge in [-0.2, -0.15) is 0 Å². The molecule has 2 N–H and O–H groups in total.